The molecule has 1 saturated carbocycles. The van der Waals surface area contributed by atoms with E-state index in [1.807, 2.05) is 0 Å². The number of rotatable bonds is 8. The molecule has 0 unspecified atom stereocenters. The van der Waals surface area contributed by atoms with Gasteiger partial charge in [-0.3, -0.25) is 4.68 Å². The van der Waals surface area contributed by atoms with Crippen molar-refractivity contribution in [1.29, 1.82) is 0 Å². The first kappa shape index (κ1) is 22.1. The number of alkyl halides is 3. The van der Waals surface area contributed by atoms with Gasteiger partial charge in [-0.1, -0.05) is 24.3 Å². The highest BCUT2D eigenvalue weighted by atomic mass is 19.4. The van der Waals surface area contributed by atoms with Crippen LogP contribution in [0.15, 0.2) is 43.0 Å². The monoisotopic (exact) mass is 582 g/mol. The van der Waals surface area contributed by atoms with Gasteiger partial charge in [0, 0.05) is 48.4 Å². The highest BCUT2D eigenvalue weighted by molar-refractivity contribution is 5.88. The van der Waals surface area contributed by atoms with E-state index in [0.29, 0.717) is 16.2 Å². The third kappa shape index (κ3) is 5.14. The van der Waals surface area contributed by atoms with E-state index in [0.717, 1.165) is 19.0 Å². The summed E-state index contributed by atoms with van der Waals surface area (Å²) in [6.07, 6.45) is 0.956. The van der Waals surface area contributed by atoms with Gasteiger partial charge >= 0.3 is 6.18 Å². The smallest absolute Gasteiger partial charge is 0.434 e. The third-order valence-corrected chi connectivity index (χ3v) is 6.86. The van der Waals surface area contributed by atoms with Crippen LogP contribution >= 0.6 is 0 Å². The molecule has 1 aliphatic carbocycles. The van der Waals surface area contributed by atoms with Crippen molar-refractivity contribution in [3.8, 4) is 28.7 Å². The molecule has 1 aliphatic rings. The molecule has 10 nitrogen and oxygen atoms in total. The average molecular weight is 583 g/mol. The number of hydrogen-bond donors (Lipinski definition) is 0. The summed E-state index contributed by atoms with van der Waals surface area (Å²) in [4.78, 5) is 22.2. The fourth-order valence-electron chi connectivity index (χ4n) is 4.70. The number of aryl methyl sites for hydroxylation is 1. The van der Waals surface area contributed by atoms with Crippen molar-refractivity contribution in [2.24, 2.45) is 7.05 Å². The normalized spacial score (nSPS) is 16.1. The quantitative estimate of drug-likeness (QED) is 0.226. The number of halogens is 3. The Hall–Kier alpha value is -4.55. The molecular formula is C29H30F3N9O. The molecule has 0 amide bonds. The summed E-state index contributed by atoms with van der Waals surface area (Å²) in [5.41, 5.74) is 0.432. The molecule has 1 aromatic carbocycles. The summed E-state index contributed by atoms with van der Waals surface area (Å²) in [6, 6.07) is 5.09. The first-order valence-electron chi connectivity index (χ1n) is 15.7. The molecule has 13 heteroatoms. The summed E-state index contributed by atoms with van der Waals surface area (Å²) >= 11 is 0. The summed E-state index contributed by atoms with van der Waals surface area (Å²) in [6.45, 7) is -2.40. The van der Waals surface area contributed by atoms with Gasteiger partial charge < -0.3 is 14.2 Å². The maximum Gasteiger partial charge on any atom is 0.434 e. The minimum Gasteiger partial charge on any atom is -0.480 e. The number of hydrogen-bond acceptors (Lipinski definition) is 8. The highest BCUT2D eigenvalue weighted by Gasteiger charge is 2.35. The van der Waals surface area contributed by atoms with Gasteiger partial charge in [-0.25, -0.2) is 24.9 Å². The molecular weight excluding hydrogens is 547 g/mol. The van der Waals surface area contributed by atoms with Gasteiger partial charge in [0.05, 0.1) is 21.7 Å². The molecule has 42 heavy (non-hydrogen) atoms. The van der Waals surface area contributed by atoms with Crippen molar-refractivity contribution in [3.63, 3.8) is 0 Å². The number of fused-ring (bicyclic) bond motifs is 1. The number of nitrogens with zero attached hydrogens (tertiary/aromatic N) is 9. The van der Waals surface area contributed by atoms with Crippen LogP contribution in [0.3, 0.4) is 0 Å². The van der Waals surface area contributed by atoms with Crippen LogP contribution < -0.4 is 9.64 Å². The van der Waals surface area contributed by atoms with Crippen LogP contribution in [0.4, 0.5) is 19.0 Å². The molecule has 0 N–H and O–H groups in total. The molecule has 0 radical (unpaired) electrons. The zero-order chi connectivity index (χ0) is 34.1. The summed E-state index contributed by atoms with van der Waals surface area (Å²) < 4.78 is 92.4. The van der Waals surface area contributed by atoms with Crippen molar-refractivity contribution in [2.45, 2.75) is 51.3 Å². The van der Waals surface area contributed by atoms with E-state index in [9.17, 15) is 13.2 Å². The van der Waals surface area contributed by atoms with E-state index in [4.69, 9.17) is 11.6 Å². The molecule has 4 aromatic heterocycles. The SMILES string of the molecule is [2H]C([2H])([2H])N(c1nc(-c2c(OC)ncnc2C2CC2)nc2cn(C)nc12)C([2H])([2H])c1ccc(-c2nc(C(F)(F)F)cn2C(C)C)cc1. The standard InChI is InChI=1S/C29H30F3N9O/c1-16(2)41-14-21(29(30,31)32)36-26(41)19-8-6-17(7-9-19)12-39(3)27-24-20(13-40(4)38-24)35-25(37-27)22-23(18-10-11-18)33-15-34-28(22)42-5/h6-9,13-16,18H,10-12H2,1-5H3/i3D3,12D2. The summed E-state index contributed by atoms with van der Waals surface area (Å²) in [7, 11) is 3.05. The number of methoxy groups -OCH3 is 1. The van der Waals surface area contributed by atoms with Crippen LogP contribution in [0, 0.1) is 0 Å². The van der Waals surface area contributed by atoms with Crippen molar-refractivity contribution in [3.05, 3.63) is 59.9 Å². The Kier molecular flexibility index (Phi) is 5.46. The van der Waals surface area contributed by atoms with Gasteiger partial charge in [-0.05, 0) is 32.3 Å². The Bertz CT molecular complexity index is 1950. The van der Waals surface area contributed by atoms with Crippen LogP contribution in [0.1, 0.15) is 62.5 Å². The molecule has 4 heterocycles. The molecule has 0 spiro atoms. The average Bonchev–Trinajstić information content (AvgIpc) is 3.60. The second-order valence-corrected chi connectivity index (χ2v) is 10.3. The summed E-state index contributed by atoms with van der Waals surface area (Å²) in [5.74, 6) is 0.0660. The van der Waals surface area contributed by atoms with Crippen molar-refractivity contribution >= 4 is 16.9 Å². The zero-order valence-corrected chi connectivity index (χ0v) is 23.2. The predicted molar refractivity (Wildman–Crippen MR) is 151 cm³/mol. The van der Waals surface area contributed by atoms with Gasteiger partial charge in [0.1, 0.15) is 23.2 Å². The van der Waals surface area contributed by atoms with Gasteiger partial charge in [0.15, 0.2) is 22.9 Å². The minimum absolute atomic E-state index is 0.0354. The fourth-order valence-corrected chi connectivity index (χ4v) is 4.70. The van der Waals surface area contributed by atoms with E-state index in [1.165, 1.54) is 47.0 Å². The van der Waals surface area contributed by atoms with Gasteiger partial charge in [0.25, 0.3) is 0 Å². The number of imidazole rings is 1. The number of aromatic nitrogens is 8. The molecule has 0 atom stereocenters. The predicted octanol–water partition coefficient (Wildman–Crippen LogP) is 5.81. The lowest BCUT2D eigenvalue weighted by Gasteiger charge is -2.20. The highest BCUT2D eigenvalue weighted by Crippen LogP contribution is 2.45. The van der Waals surface area contributed by atoms with E-state index in [1.54, 1.807) is 27.1 Å². The zero-order valence-electron chi connectivity index (χ0n) is 28.2. The molecule has 0 bridgehead atoms. The number of benzene rings is 1. The topological polar surface area (TPSA) is 99.7 Å². The maximum atomic E-state index is 13.5. The van der Waals surface area contributed by atoms with E-state index >= 15 is 0 Å². The van der Waals surface area contributed by atoms with Crippen LogP contribution in [0.2, 0.25) is 0 Å². The van der Waals surface area contributed by atoms with E-state index < -0.39 is 25.3 Å². The molecule has 5 aromatic rings. The Morgan fingerprint density at radius 2 is 1.88 bits per heavy atom. The first-order valence-corrected chi connectivity index (χ1v) is 13.2. The lowest BCUT2D eigenvalue weighted by atomic mass is 10.1. The number of ether oxygens (including phenoxy) is 1. The molecule has 1 fully saturated rings. The Labute approximate surface area is 247 Å². The van der Waals surface area contributed by atoms with Crippen LogP contribution in [-0.4, -0.2) is 53.4 Å². The summed E-state index contributed by atoms with van der Waals surface area (Å²) in [5, 5.41) is 4.37. The Morgan fingerprint density at radius 3 is 2.52 bits per heavy atom. The van der Waals surface area contributed by atoms with Crippen molar-refractivity contribution in [1.82, 2.24) is 39.3 Å². The third-order valence-electron chi connectivity index (χ3n) is 6.86. The van der Waals surface area contributed by atoms with E-state index in [-0.39, 0.29) is 57.5 Å². The van der Waals surface area contributed by atoms with Crippen LogP contribution in [0.5, 0.6) is 5.88 Å². The van der Waals surface area contributed by atoms with Gasteiger partial charge in [-0.2, -0.15) is 18.3 Å². The second-order valence-electron chi connectivity index (χ2n) is 10.3. The van der Waals surface area contributed by atoms with Crippen LogP contribution in [-0.2, 0) is 19.7 Å². The van der Waals surface area contributed by atoms with Gasteiger partial charge in [-0.15, -0.1) is 0 Å². The lowest BCUT2D eigenvalue weighted by molar-refractivity contribution is -0.140. The first-order chi connectivity index (χ1) is 22.0. The fraction of sp³-hybridized carbons (Fsp3) is 0.379. The van der Waals surface area contributed by atoms with Crippen molar-refractivity contribution < 1.29 is 24.8 Å². The van der Waals surface area contributed by atoms with E-state index in [2.05, 4.69) is 30.0 Å². The van der Waals surface area contributed by atoms with Crippen molar-refractivity contribution in [2.75, 3.05) is 19.0 Å². The van der Waals surface area contributed by atoms with Crippen LogP contribution in [0.25, 0.3) is 33.8 Å². The second kappa shape index (κ2) is 10.4. The maximum absolute atomic E-state index is 13.5. The van der Waals surface area contributed by atoms with Gasteiger partial charge in [0.2, 0.25) is 5.88 Å². The molecule has 0 aliphatic heterocycles. The molecule has 6 rings (SSSR count). The minimum atomic E-state index is -4.66. The largest absolute Gasteiger partial charge is 0.480 e. The molecule has 218 valence electrons. The Morgan fingerprint density at radius 1 is 1.12 bits per heavy atom. The molecule has 0 saturated heterocycles. The lowest BCUT2D eigenvalue weighted by Crippen LogP contribution is -2.19. The number of anilines is 1. The Balaban J connectivity index is 1.49.